The number of hydrogen-bond acceptors (Lipinski definition) is 2. The van der Waals surface area contributed by atoms with Crippen molar-refractivity contribution < 1.29 is 9.43 Å². The summed E-state index contributed by atoms with van der Waals surface area (Å²) < 4.78 is 1.05. The third-order valence-corrected chi connectivity index (χ3v) is 4.33. The van der Waals surface area contributed by atoms with Gasteiger partial charge in [0, 0.05) is 19.3 Å². The number of piperidine rings is 1. The van der Waals surface area contributed by atoms with E-state index in [-0.39, 0.29) is 0 Å². The van der Waals surface area contributed by atoms with Gasteiger partial charge in [-0.1, -0.05) is 30.3 Å². The third kappa shape index (κ3) is 1.88. The predicted octanol–water partition coefficient (Wildman–Crippen LogP) is 2.00. The Kier molecular flexibility index (Phi) is 2.90. The molecule has 0 radical (unpaired) electrons. The molecule has 1 aromatic rings. The van der Waals surface area contributed by atoms with Crippen LogP contribution in [-0.4, -0.2) is 42.6 Å². The van der Waals surface area contributed by atoms with Crippen LogP contribution in [-0.2, 0) is 11.3 Å². The molecule has 2 aliphatic rings. The van der Waals surface area contributed by atoms with Gasteiger partial charge in [0.25, 0.3) is 0 Å². The summed E-state index contributed by atoms with van der Waals surface area (Å²) in [7, 11) is 1.82. The molecule has 0 unspecified atom stereocenters. The van der Waals surface area contributed by atoms with Crippen LogP contribution in [0.2, 0.25) is 0 Å². The zero-order chi connectivity index (χ0) is 11.7. The fourth-order valence-electron chi connectivity index (χ4n) is 3.43. The van der Waals surface area contributed by atoms with E-state index in [1.807, 2.05) is 7.11 Å². The zero-order valence-electron chi connectivity index (χ0n) is 10.5. The lowest BCUT2D eigenvalue weighted by molar-refractivity contribution is -1.04. The maximum absolute atomic E-state index is 5.60. The van der Waals surface area contributed by atoms with Crippen molar-refractivity contribution in [3.8, 4) is 0 Å². The second-order valence-electron chi connectivity index (χ2n) is 5.22. The van der Waals surface area contributed by atoms with Crippen molar-refractivity contribution in [1.29, 1.82) is 0 Å². The quantitative estimate of drug-likeness (QED) is 0.738. The third-order valence-electron chi connectivity index (χ3n) is 4.33. The number of hydrogen-bond donors (Lipinski definition) is 0. The molecule has 2 aliphatic heterocycles. The van der Waals surface area contributed by atoms with Crippen molar-refractivity contribution >= 4 is 0 Å². The molecular formula is C14H21N2O+. The number of nitrogens with zero attached hydrogens (tertiary/aromatic N) is 2. The molecule has 2 bridgehead atoms. The van der Waals surface area contributed by atoms with Crippen LogP contribution in [0.15, 0.2) is 30.3 Å². The summed E-state index contributed by atoms with van der Waals surface area (Å²) in [6, 6.07) is 11.4. The van der Waals surface area contributed by atoms with Gasteiger partial charge in [-0.2, -0.15) is 0 Å². The van der Waals surface area contributed by atoms with E-state index in [1.54, 1.807) is 0 Å². The highest BCUT2D eigenvalue weighted by Gasteiger charge is 2.53. The van der Waals surface area contributed by atoms with Gasteiger partial charge in [0.2, 0.25) is 0 Å². The normalized spacial score (nSPS) is 32.2. The Labute approximate surface area is 103 Å². The van der Waals surface area contributed by atoms with Crippen molar-refractivity contribution in [2.45, 2.75) is 25.3 Å². The van der Waals surface area contributed by atoms with Crippen molar-refractivity contribution in [1.82, 2.24) is 5.17 Å². The fourth-order valence-corrected chi connectivity index (χ4v) is 3.43. The van der Waals surface area contributed by atoms with Gasteiger partial charge in [-0.25, -0.2) is 4.59 Å². The SMILES string of the molecule is CON1C2CC[N+]1(CCc1ccccc1)CC2. The first-order valence-electron chi connectivity index (χ1n) is 6.58. The minimum Gasteiger partial charge on any atom is -0.257 e. The minimum atomic E-state index is 0.663. The summed E-state index contributed by atoms with van der Waals surface area (Å²) in [5, 5.41) is 2.24. The molecule has 0 N–H and O–H groups in total. The first-order chi connectivity index (χ1) is 8.34. The Hall–Kier alpha value is -0.900. The Balaban J connectivity index is 1.68. The summed E-state index contributed by atoms with van der Waals surface area (Å²) in [5.41, 5.74) is 1.44. The summed E-state index contributed by atoms with van der Waals surface area (Å²) in [4.78, 5) is 5.60. The van der Waals surface area contributed by atoms with Gasteiger partial charge in [0.1, 0.15) is 19.6 Å². The molecule has 0 aliphatic carbocycles. The Bertz CT molecular complexity index is 371. The summed E-state index contributed by atoms with van der Waals surface area (Å²) in [5.74, 6) is 0. The molecule has 2 fully saturated rings. The molecule has 0 aromatic heterocycles. The topological polar surface area (TPSA) is 12.5 Å². The predicted molar refractivity (Wildman–Crippen MR) is 66.9 cm³/mol. The van der Waals surface area contributed by atoms with Gasteiger partial charge in [-0.3, -0.25) is 4.84 Å². The van der Waals surface area contributed by atoms with Crippen LogP contribution >= 0.6 is 0 Å². The number of quaternary nitrogens is 1. The summed E-state index contributed by atoms with van der Waals surface area (Å²) in [6.07, 6.45) is 3.73. The van der Waals surface area contributed by atoms with Crippen molar-refractivity contribution in [2.75, 3.05) is 26.7 Å². The van der Waals surface area contributed by atoms with E-state index in [1.165, 1.54) is 38.0 Å². The number of rotatable bonds is 4. The standard InChI is InChI=1S/C14H21N2O/c1-17-15-14-8-11-16(15,12-9-14)10-7-13-5-3-2-4-6-13/h2-6,14H,7-12H2,1H3/q+1. The van der Waals surface area contributed by atoms with Crippen LogP contribution in [0.1, 0.15) is 18.4 Å². The monoisotopic (exact) mass is 233 g/mol. The van der Waals surface area contributed by atoms with Gasteiger partial charge in [0.15, 0.2) is 0 Å². The Morgan fingerprint density at radius 2 is 1.94 bits per heavy atom. The lowest BCUT2D eigenvalue weighted by atomic mass is 10.1. The van der Waals surface area contributed by atoms with E-state index in [4.69, 9.17) is 4.84 Å². The van der Waals surface area contributed by atoms with E-state index in [2.05, 4.69) is 35.5 Å². The Morgan fingerprint density at radius 1 is 1.24 bits per heavy atom. The molecule has 2 saturated heterocycles. The number of hydroxylamine groups is 1. The van der Waals surface area contributed by atoms with Crippen LogP contribution in [0, 0.1) is 0 Å². The first kappa shape index (κ1) is 11.2. The molecule has 17 heavy (non-hydrogen) atoms. The molecule has 3 nitrogen and oxygen atoms in total. The second kappa shape index (κ2) is 4.41. The van der Waals surface area contributed by atoms with Crippen molar-refractivity contribution in [3.63, 3.8) is 0 Å². The maximum atomic E-state index is 5.60. The van der Waals surface area contributed by atoms with Crippen LogP contribution in [0.25, 0.3) is 0 Å². The maximum Gasteiger partial charge on any atom is 0.102 e. The Morgan fingerprint density at radius 3 is 2.59 bits per heavy atom. The van der Waals surface area contributed by atoms with Gasteiger partial charge in [0.05, 0.1) is 13.2 Å². The molecular weight excluding hydrogens is 212 g/mol. The van der Waals surface area contributed by atoms with Gasteiger partial charge < -0.3 is 0 Å². The van der Waals surface area contributed by atoms with E-state index in [9.17, 15) is 0 Å². The second-order valence-corrected chi connectivity index (χ2v) is 5.22. The lowest BCUT2D eigenvalue weighted by Gasteiger charge is -2.35. The van der Waals surface area contributed by atoms with Crippen LogP contribution in [0.5, 0.6) is 0 Å². The van der Waals surface area contributed by atoms with E-state index in [0.29, 0.717) is 6.04 Å². The minimum absolute atomic E-state index is 0.663. The van der Waals surface area contributed by atoms with Gasteiger partial charge in [-0.05, 0) is 10.7 Å². The van der Waals surface area contributed by atoms with E-state index >= 15 is 0 Å². The first-order valence-corrected chi connectivity index (χ1v) is 6.58. The fraction of sp³-hybridized carbons (Fsp3) is 0.571. The van der Waals surface area contributed by atoms with E-state index in [0.717, 1.165) is 11.0 Å². The highest BCUT2D eigenvalue weighted by atomic mass is 16.7. The molecule has 3 rings (SSSR count). The molecule has 2 heterocycles. The van der Waals surface area contributed by atoms with Crippen LogP contribution < -0.4 is 0 Å². The largest absolute Gasteiger partial charge is 0.257 e. The van der Waals surface area contributed by atoms with Crippen LogP contribution in [0.3, 0.4) is 0 Å². The van der Waals surface area contributed by atoms with E-state index < -0.39 is 0 Å². The zero-order valence-corrected chi connectivity index (χ0v) is 10.5. The molecule has 92 valence electrons. The number of benzene rings is 1. The molecule has 3 heteroatoms. The van der Waals surface area contributed by atoms with Crippen molar-refractivity contribution in [2.24, 2.45) is 0 Å². The average Bonchev–Trinajstić information content (AvgIpc) is 2.92. The van der Waals surface area contributed by atoms with Gasteiger partial charge in [-0.15, -0.1) is 0 Å². The molecule has 0 amide bonds. The van der Waals surface area contributed by atoms with Crippen LogP contribution in [0.4, 0.5) is 0 Å². The highest BCUT2D eigenvalue weighted by molar-refractivity contribution is 5.14. The highest BCUT2D eigenvalue weighted by Crippen LogP contribution is 2.36. The molecule has 0 atom stereocenters. The molecule has 0 spiro atoms. The summed E-state index contributed by atoms with van der Waals surface area (Å²) in [6.45, 7) is 3.69. The molecule has 0 saturated carbocycles. The average molecular weight is 233 g/mol. The molecule has 1 aromatic carbocycles. The smallest absolute Gasteiger partial charge is 0.102 e. The summed E-state index contributed by atoms with van der Waals surface area (Å²) >= 11 is 0. The number of fused-ring (bicyclic) bond motifs is 2. The van der Waals surface area contributed by atoms with Crippen molar-refractivity contribution in [3.05, 3.63) is 35.9 Å². The lowest BCUT2D eigenvalue weighted by Crippen LogP contribution is -2.53. The van der Waals surface area contributed by atoms with Gasteiger partial charge >= 0.3 is 0 Å².